The molecule has 1 aromatic carbocycles. The van der Waals surface area contributed by atoms with Crippen LogP contribution >= 0.6 is 0 Å². The number of pyridine rings is 1. The second-order valence-corrected chi connectivity index (χ2v) is 7.72. The van der Waals surface area contributed by atoms with E-state index < -0.39 is 5.91 Å². The lowest BCUT2D eigenvalue weighted by Crippen LogP contribution is -2.38. The van der Waals surface area contributed by atoms with E-state index in [2.05, 4.69) is 15.1 Å². The molecule has 174 valence electrons. The van der Waals surface area contributed by atoms with Crippen molar-refractivity contribution in [1.82, 2.24) is 25.5 Å². The summed E-state index contributed by atoms with van der Waals surface area (Å²) in [6.07, 6.45) is 7.27. The molecule has 1 saturated heterocycles. The minimum absolute atomic E-state index is 0.0861. The van der Waals surface area contributed by atoms with Gasteiger partial charge in [0.05, 0.1) is 17.3 Å². The number of benzene rings is 1. The molecule has 1 aliphatic heterocycles. The van der Waals surface area contributed by atoms with Crippen molar-refractivity contribution in [3.05, 3.63) is 77.7 Å². The number of hydroxylamine groups is 1. The largest absolute Gasteiger partial charge is 0.339 e. The highest BCUT2D eigenvalue weighted by Crippen LogP contribution is 2.28. The number of rotatable bonds is 6. The molecule has 34 heavy (non-hydrogen) atoms. The molecule has 1 atom stereocenters. The van der Waals surface area contributed by atoms with Gasteiger partial charge in [-0.3, -0.25) is 14.8 Å². The Morgan fingerprint density at radius 1 is 1.09 bits per heavy atom. The Kier molecular flexibility index (Phi) is 7.19. The Balaban J connectivity index is 1.39. The van der Waals surface area contributed by atoms with E-state index in [0.29, 0.717) is 41.8 Å². The smallest absolute Gasteiger partial charge is 0.267 e. The van der Waals surface area contributed by atoms with Crippen LogP contribution in [-0.4, -0.2) is 50.1 Å². The van der Waals surface area contributed by atoms with Crippen LogP contribution in [-0.2, 0) is 9.59 Å². The first-order chi connectivity index (χ1) is 16.5. The second-order valence-electron chi connectivity index (χ2n) is 7.72. The lowest BCUT2D eigenvalue weighted by molar-refractivity contribution is -0.127. The fourth-order valence-corrected chi connectivity index (χ4v) is 3.61. The average molecular weight is 463 g/mol. The summed E-state index contributed by atoms with van der Waals surface area (Å²) < 4.78 is 18.6. The zero-order valence-corrected chi connectivity index (χ0v) is 18.1. The van der Waals surface area contributed by atoms with Crippen molar-refractivity contribution in [2.45, 2.75) is 18.8 Å². The summed E-state index contributed by atoms with van der Waals surface area (Å²) >= 11 is 0. The summed E-state index contributed by atoms with van der Waals surface area (Å²) in [6.45, 7) is 1.06. The molecule has 0 bridgehead atoms. The molecule has 2 N–H and O–H groups in total. The van der Waals surface area contributed by atoms with Gasteiger partial charge >= 0.3 is 0 Å². The number of carbonyl (C=O) groups excluding carboxylic acids is 2. The van der Waals surface area contributed by atoms with Gasteiger partial charge in [0.15, 0.2) is 0 Å². The van der Waals surface area contributed by atoms with Gasteiger partial charge in [-0.15, -0.1) is 0 Å². The summed E-state index contributed by atoms with van der Waals surface area (Å²) in [5.74, 6) is -0.413. The maximum absolute atomic E-state index is 13.1. The SMILES string of the molecule is O=C(/C=C/c1cccc(/C=C/C(=O)N2CCCC(c3nc(-c4ccc(F)cc4)no3)C2)n1)NO. The number of hydrogen-bond acceptors (Lipinski definition) is 7. The predicted molar refractivity (Wildman–Crippen MR) is 120 cm³/mol. The van der Waals surface area contributed by atoms with E-state index in [0.717, 1.165) is 18.9 Å². The van der Waals surface area contributed by atoms with Crippen LogP contribution in [0.2, 0.25) is 0 Å². The number of nitrogens with one attached hydrogen (secondary N) is 1. The van der Waals surface area contributed by atoms with Gasteiger partial charge in [-0.1, -0.05) is 11.2 Å². The zero-order valence-electron chi connectivity index (χ0n) is 18.1. The maximum atomic E-state index is 13.1. The molecule has 2 amide bonds. The molecular formula is C24H22FN5O4. The number of likely N-dealkylation sites (tertiary alicyclic amines) is 1. The third kappa shape index (κ3) is 5.78. The second kappa shape index (κ2) is 10.6. The molecule has 9 nitrogen and oxygen atoms in total. The molecule has 2 aromatic heterocycles. The normalized spacial score (nSPS) is 16.3. The molecule has 0 aliphatic carbocycles. The average Bonchev–Trinajstić information content (AvgIpc) is 3.37. The van der Waals surface area contributed by atoms with Crippen LogP contribution < -0.4 is 5.48 Å². The summed E-state index contributed by atoms with van der Waals surface area (Å²) in [7, 11) is 0. The summed E-state index contributed by atoms with van der Waals surface area (Å²) in [5.41, 5.74) is 3.22. The van der Waals surface area contributed by atoms with E-state index in [-0.39, 0.29) is 17.6 Å². The van der Waals surface area contributed by atoms with Gasteiger partial charge in [-0.2, -0.15) is 4.98 Å². The fraction of sp³-hybridized carbons (Fsp3) is 0.208. The Morgan fingerprint density at radius 3 is 2.56 bits per heavy atom. The van der Waals surface area contributed by atoms with E-state index in [1.54, 1.807) is 41.3 Å². The first kappa shape index (κ1) is 23.0. The molecule has 10 heteroatoms. The summed E-state index contributed by atoms with van der Waals surface area (Å²) in [4.78, 5) is 34.4. The fourth-order valence-electron chi connectivity index (χ4n) is 3.61. The monoisotopic (exact) mass is 463 g/mol. The minimum Gasteiger partial charge on any atom is -0.339 e. The lowest BCUT2D eigenvalue weighted by Gasteiger charge is -2.30. The molecule has 3 aromatic rings. The van der Waals surface area contributed by atoms with Crippen molar-refractivity contribution in [3.8, 4) is 11.4 Å². The van der Waals surface area contributed by atoms with Gasteiger partial charge in [0.2, 0.25) is 17.6 Å². The van der Waals surface area contributed by atoms with Crippen molar-refractivity contribution in [1.29, 1.82) is 0 Å². The molecular weight excluding hydrogens is 441 g/mol. The summed E-state index contributed by atoms with van der Waals surface area (Å²) in [6, 6.07) is 11.0. The van der Waals surface area contributed by atoms with Crippen LogP contribution in [0.5, 0.6) is 0 Å². The standard InChI is InChI=1S/C24H22FN5O4/c25-18-8-6-16(7-9-18)23-27-24(34-29-23)17-3-2-14-30(15-17)22(32)13-11-20-5-1-4-19(26-20)10-12-21(31)28-33/h1,4-13,17,33H,2-3,14-15H2,(H,28,31)/b12-10+,13-11+. The number of nitrogens with zero attached hydrogens (tertiary/aromatic N) is 4. The number of hydrogen-bond donors (Lipinski definition) is 2. The van der Waals surface area contributed by atoms with Gasteiger partial charge in [0, 0.05) is 30.8 Å². The van der Waals surface area contributed by atoms with E-state index in [1.165, 1.54) is 29.8 Å². The number of halogens is 1. The van der Waals surface area contributed by atoms with Crippen LogP contribution in [0.15, 0.2) is 59.1 Å². The Bertz CT molecular complexity index is 1220. The Hall–Kier alpha value is -4.18. The third-order valence-corrected chi connectivity index (χ3v) is 5.33. The van der Waals surface area contributed by atoms with Crippen LogP contribution in [0.1, 0.15) is 36.0 Å². The van der Waals surface area contributed by atoms with Gasteiger partial charge in [-0.25, -0.2) is 14.9 Å². The highest BCUT2D eigenvalue weighted by atomic mass is 19.1. The first-order valence-corrected chi connectivity index (χ1v) is 10.7. The number of piperidine rings is 1. The van der Waals surface area contributed by atoms with E-state index in [9.17, 15) is 14.0 Å². The lowest BCUT2D eigenvalue weighted by atomic mass is 9.98. The topological polar surface area (TPSA) is 121 Å². The molecule has 0 radical (unpaired) electrons. The zero-order chi connectivity index (χ0) is 23.9. The number of aromatic nitrogens is 3. The van der Waals surface area contributed by atoms with Crippen molar-refractivity contribution in [3.63, 3.8) is 0 Å². The maximum Gasteiger partial charge on any atom is 0.267 e. The van der Waals surface area contributed by atoms with Crippen molar-refractivity contribution >= 4 is 24.0 Å². The van der Waals surface area contributed by atoms with Gasteiger partial charge in [-0.05, 0) is 61.4 Å². The Labute approximate surface area is 194 Å². The molecule has 0 saturated carbocycles. The molecule has 1 aliphatic rings. The van der Waals surface area contributed by atoms with Crippen LogP contribution in [0, 0.1) is 5.82 Å². The Morgan fingerprint density at radius 2 is 1.82 bits per heavy atom. The predicted octanol–water partition coefficient (Wildman–Crippen LogP) is 3.21. The van der Waals surface area contributed by atoms with Gasteiger partial charge < -0.3 is 9.42 Å². The van der Waals surface area contributed by atoms with Crippen LogP contribution in [0.4, 0.5) is 4.39 Å². The van der Waals surface area contributed by atoms with Crippen molar-refractivity contribution in [2.75, 3.05) is 13.1 Å². The van der Waals surface area contributed by atoms with Crippen LogP contribution in [0.25, 0.3) is 23.5 Å². The summed E-state index contributed by atoms with van der Waals surface area (Å²) in [5, 5.41) is 12.5. The minimum atomic E-state index is -0.663. The quantitative estimate of drug-likeness (QED) is 0.327. The molecule has 1 fully saturated rings. The number of carbonyl (C=O) groups is 2. The molecule has 0 spiro atoms. The highest BCUT2D eigenvalue weighted by molar-refractivity contribution is 5.92. The molecule has 4 rings (SSSR count). The van der Waals surface area contributed by atoms with Gasteiger partial charge in [0.25, 0.3) is 5.91 Å². The molecule has 1 unspecified atom stereocenters. The van der Waals surface area contributed by atoms with Crippen LogP contribution in [0.3, 0.4) is 0 Å². The van der Waals surface area contributed by atoms with Crippen molar-refractivity contribution in [2.24, 2.45) is 0 Å². The van der Waals surface area contributed by atoms with Crippen molar-refractivity contribution < 1.29 is 23.7 Å². The van der Waals surface area contributed by atoms with E-state index >= 15 is 0 Å². The van der Waals surface area contributed by atoms with Gasteiger partial charge in [0.1, 0.15) is 5.82 Å². The number of amides is 2. The van der Waals surface area contributed by atoms with E-state index in [4.69, 9.17) is 9.73 Å². The van der Waals surface area contributed by atoms with E-state index in [1.807, 2.05) is 0 Å². The first-order valence-electron chi connectivity index (χ1n) is 10.7. The third-order valence-electron chi connectivity index (χ3n) is 5.33. The molecule has 3 heterocycles. The highest BCUT2D eigenvalue weighted by Gasteiger charge is 2.28.